The summed E-state index contributed by atoms with van der Waals surface area (Å²) in [7, 11) is 2.02. The summed E-state index contributed by atoms with van der Waals surface area (Å²) in [5, 5.41) is 3.06. The Hall–Kier alpha value is -3.80. The molecule has 3 aromatic carbocycles. The van der Waals surface area contributed by atoms with E-state index in [4.69, 9.17) is 0 Å². The number of hydrogen-bond acceptors (Lipinski definition) is 3. The smallest absolute Gasteiger partial charge is 0.322 e. The van der Waals surface area contributed by atoms with E-state index in [0.717, 1.165) is 17.9 Å². The second-order valence-electron chi connectivity index (χ2n) is 7.93. The fraction of sp³-hybridized carbons (Fsp3) is 0.231. The Bertz CT molecular complexity index is 1050. The van der Waals surface area contributed by atoms with E-state index >= 15 is 0 Å². The average Bonchev–Trinajstić information content (AvgIpc) is 2.85. The van der Waals surface area contributed by atoms with Crippen LogP contribution in [0.15, 0.2) is 84.9 Å². The lowest BCUT2D eigenvalue weighted by molar-refractivity contribution is 0.0671. The lowest BCUT2D eigenvalue weighted by atomic mass is 10.2. The molecule has 0 saturated carbocycles. The second kappa shape index (κ2) is 10.0. The molecule has 1 aliphatic rings. The summed E-state index contributed by atoms with van der Waals surface area (Å²) in [5.41, 5.74) is 3.62. The van der Waals surface area contributed by atoms with Crippen molar-refractivity contribution in [3.8, 4) is 0 Å². The molecule has 0 unspecified atom stereocenters. The third kappa shape index (κ3) is 5.09. The molecule has 1 aliphatic heterocycles. The third-order valence-corrected chi connectivity index (χ3v) is 5.69. The Labute approximate surface area is 189 Å². The van der Waals surface area contributed by atoms with E-state index in [0.29, 0.717) is 31.7 Å². The molecule has 0 bridgehead atoms. The lowest BCUT2D eigenvalue weighted by Gasteiger charge is -2.35. The lowest BCUT2D eigenvalue weighted by Crippen LogP contribution is -2.51. The van der Waals surface area contributed by atoms with Gasteiger partial charge < -0.3 is 20.0 Å². The summed E-state index contributed by atoms with van der Waals surface area (Å²) >= 11 is 0. The van der Waals surface area contributed by atoms with Crippen LogP contribution in [0.25, 0.3) is 0 Å². The van der Waals surface area contributed by atoms with Crippen molar-refractivity contribution >= 4 is 23.3 Å². The zero-order valence-corrected chi connectivity index (χ0v) is 18.3. The molecule has 1 fully saturated rings. The SMILES string of the molecule is CN(Cc1ccccc1)c1ccccc1NC(=O)N1CCN(C(=O)c2ccccc2)CC1. The van der Waals surface area contributed by atoms with Crippen molar-refractivity contribution in [3.05, 3.63) is 96.1 Å². The van der Waals surface area contributed by atoms with Crippen LogP contribution >= 0.6 is 0 Å². The third-order valence-electron chi connectivity index (χ3n) is 5.69. The van der Waals surface area contributed by atoms with Crippen molar-refractivity contribution in [2.75, 3.05) is 43.4 Å². The number of rotatable bonds is 5. The summed E-state index contributed by atoms with van der Waals surface area (Å²) in [6.45, 7) is 2.81. The van der Waals surface area contributed by atoms with Crippen LogP contribution in [0.2, 0.25) is 0 Å². The molecule has 4 rings (SSSR count). The zero-order chi connectivity index (χ0) is 22.3. The molecule has 0 radical (unpaired) electrons. The number of benzene rings is 3. The van der Waals surface area contributed by atoms with Crippen molar-refractivity contribution in [1.82, 2.24) is 9.80 Å². The van der Waals surface area contributed by atoms with Gasteiger partial charge in [-0.25, -0.2) is 4.79 Å². The maximum atomic E-state index is 12.9. The van der Waals surface area contributed by atoms with Gasteiger partial charge in [-0.05, 0) is 29.8 Å². The number of piperazine rings is 1. The maximum absolute atomic E-state index is 12.9. The highest BCUT2D eigenvalue weighted by atomic mass is 16.2. The summed E-state index contributed by atoms with van der Waals surface area (Å²) in [5.74, 6) is 0.0125. The van der Waals surface area contributed by atoms with Crippen LogP contribution in [-0.4, -0.2) is 55.0 Å². The Kier molecular flexibility index (Phi) is 6.70. The van der Waals surface area contributed by atoms with Crippen molar-refractivity contribution < 1.29 is 9.59 Å². The van der Waals surface area contributed by atoms with Crippen LogP contribution in [-0.2, 0) is 6.54 Å². The first kappa shape index (κ1) is 21.4. The Balaban J connectivity index is 1.36. The maximum Gasteiger partial charge on any atom is 0.322 e. The number of hydrogen-bond donors (Lipinski definition) is 1. The fourth-order valence-corrected chi connectivity index (χ4v) is 3.92. The summed E-state index contributed by atoms with van der Waals surface area (Å²) in [6, 6.07) is 27.2. The topological polar surface area (TPSA) is 55.9 Å². The molecule has 164 valence electrons. The summed E-state index contributed by atoms with van der Waals surface area (Å²) in [4.78, 5) is 31.3. The molecule has 0 aliphatic carbocycles. The molecule has 3 amide bonds. The number of anilines is 2. The van der Waals surface area contributed by atoms with Gasteiger partial charge >= 0.3 is 6.03 Å². The van der Waals surface area contributed by atoms with Crippen molar-refractivity contribution in [1.29, 1.82) is 0 Å². The van der Waals surface area contributed by atoms with E-state index < -0.39 is 0 Å². The van der Waals surface area contributed by atoms with Gasteiger partial charge in [0, 0.05) is 45.3 Å². The molecule has 6 heteroatoms. The minimum absolute atomic E-state index is 0.0125. The number of para-hydroxylation sites is 2. The number of nitrogens with one attached hydrogen (secondary N) is 1. The van der Waals surface area contributed by atoms with Crippen LogP contribution in [0.1, 0.15) is 15.9 Å². The van der Waals surface area contributed by atoms with E-state index in [9.17, 15) is 9.59 Å². The largest absolute Gasteiger partial charge is 0.369 e. The molecule has 32 heavy (non-hydrogen) atoms. The molecule has 1 N–H and O–H groups in total. The van der Waals surface area contributed by atoms with Crippen LogP contribution in [0, 0.1) is 0 Å². The van der Waals surface area contributed by atoms with E-state index in [1.165, 1.54) is 5.56 Å². The molecule has 1 heterocycles. The first-order chi connectivity index (χ1) is 15.6. The molecule has 0 aromatic heterocycles. The van der Waals surface area contributed by atoms with Gasteiger partial charge in [0.05, 0.1) is 11.4 Å². The van der Waals surface area contributed by atoms with Gasteiger partial charge in [-0.2, -0.15) is 0 Å². The molecular weight excluding hydrogens is 400 g/mol. The zero-order valence-electron chi connectivity index (χ0n) is 18.3. The van der Waals surface area contributed by atoms with E-state index in [1.54, 1.807) is 9.80 Å². The number of carbonyl (C=O) groups is 2. The highest BCUT2D eigenvalue weighted by molar-refractivity contribution is 5.95. The minimum atomic E-state index is -0.141. The number of amides is 3. The van der Waals surface area contributed by atoms with E-state index in [1.807, 2.05) is 79.8 Å². The van der Waals surface area contributed by atoms with Gasteiger partial charge in [-0.1, -0.05) is 60.7 Å². The first-order valence-corrected chi connectivity index (χ1v) is 10.9. The number of urea groups is 1. The summed E-state index contributed by atoms with van der Waals surface area (Å²) < 4.78 is 0. The Morgan fingerprint density at radius 3 is 2.03 bits per heavy atom. The molecule has 1 saturated heterocycles. The second-order valence-corrected chi connectivity index (χ2v) is 7.93. The van der Waals surface area contributed by atoms with Crippen molar-refractivity contribution in [2.45, 2.75) is 6.54 Å². The van der Waals surface area contributed by atoms with Crippen LogP contribution in [0.3, 0.4) is 0 Å². The van der Waals surface area contributed by atoms with Gasteiger partial charge in [-0.15, -0.1) is 0 Å². The van der Waals surface area contributed by atoms with E-state index in [2.05, 4.69) is 22.3 Å². The van der Waals surface area contributed by atoms with E-state index in [-0.39, 0.29) is 11.9 Å². The molecule has 3 aromatic rings. The minimum Gasteiger partial charge on any atom is -0.369 e. The van der Waals surface area contributed by atoms with Gasteiger partial charge in [0.25, 0.3) is 5.91 Å². The standard InChI is InChI=1S/C26H28N4O2/c1-28(20-21-10-4-2-5-11-21)24-15-9-8-14-23(24)27-26(32)30-18-16-29(17-19-30)25(31)22-12-6-3-7-13-22/h2-15H,16-20H2,1H3,(H,27,32). The molecule has 6 nitrogen and oxygen atoms in total. The monoisotopic (exact) mass is 428 g/mol. The predicted octanol–water partition coefficient (Wildman–Crippen LogP) is 4.31. The Morgan fingerprint density at radius 1 is 0.781 bits per heavy atom. The van der Waals surface area contributed by atoms with Gasteiger partial charge in [-0.3, -0.25) is 4.79 Å². The summed E-state index contributed by atoms with van der Waals surface area (Å²) in [6.07, 6.45) is 0. The highest BCUT2D eigenvalue weighted by Gasteiger charge is 2.25. The molecule has 0 spiro atoms. The van der Waals surface area contributed by atoms with Crippen LogP contribution in [0.5, 0.6) is 0 Å². The first-order valence-electron chi connectivity index (χ1n) is 10.9. The van der Waals surface area contributed by atoms with Crippen LogP contribution in [0.4, 0.5) is 16.2 Å². The van der Waals surface area contributed by atoms with Gasteiger partial charge in [0.1, 0.15) is 0 Å². The quantitative estimate of drug-likeness (QED) is 0.659. The Morgan fingerprint density at radius 2 is 1.34 bits per heavy atom. The normalized spacial score (nSPS) is 13.5. The molecular formula is C26H28N4O2. The fourth-order valence-electron chi connectivity index (χ4n) is 3.92. The van der Waals surface area contributed by atoms with Gasteiger partial charge in [0.15, 0.2) is 0 Å². The average molecular weight is 429 g/mol. The number of nitrogens with zero attached hydrogens (tertiary/aromatic N) is 3. The van der Waals surface area contributed by atoms with Crippen molar-refractivity contribution in [3.63, 3.8) is 0 Å². The van der Waals surface area contributed by atoms with Gasteiger partial charge in [0.2, 0.25) is 0 Å². The van der Waals surface area contributed by atoms with Crippen LogP contribution < -0.4 is 10.2 Å². The number of carbonyl (C=O) groups excluding carboxylic acids is 2. The predicted molar refractivity (Wildman–Crippen MR) is 128 cm³/mol. The van der Waals surface area contributed by atoms with Crippen molar-refractivity contribution in [2.24, 2.45) is 0 Å². The molecule has 0 atom stereocenters. The highest BCUT2D eigenvalue weighted by Crippen LogP contribution is 2.26.